The Hall–Kier alpha value is -2.48. The summed E-state index contributed by atoms with van der Waals surface area (Å²) in [6.07, 6.45) is 3.57. The van der Waals surface area contributed by atoms with Crippen LogP contribution in [0.1, 0.15) is 31.1 Å². The van der Waals surface area contributed by atoms with E-state index in [9.17, 15) is 0 Å². The molecule has 0 unspecified atom stereocenters. The number of benzene rings is 1. The fourth-order valence-corrected chi connectivity index (χ4v) is 1.90. The molecule has 5 nitrogen and oxygen atoms in total. The zero-order chi connectivity index (χ0) is 14.5. The Labute approximate surface area is 118 Å². The predicted octanol–water partition coefficient (Wildman–Crippen LogP) is 2.92. The summed E-state index contributed by atoms with van der Waals surface area (Å²) in [5, 5.41) is 8.98. The molecule has 0 atom stereocenters. The number of aromatic nitrogens is 2. The largest absolute Gasteiger partial charge is 0.497 e. The molecule has 0 saturated heterocycles. The Morgan fingerprint density at radius 3 is 2.70 bits per heavy atom. The number of rotatable bonds is 5. The molecule has 1 aromatic heterocycles. The third-order valence-corrected chi connectivity index (χ3v) is 2.93. The lowest BCUT2D eigenvalue weighted by Gasteiger charge is -2.13. The van der Waals surface area contributed by atoms with Gasteiger partial charge in [0.25, 0.3) is 0 Å². The summed E-state index contributed by atoms with van der Waals surface area (Å²) in [6, 6.07) is 7.54. The number of imidazole rings is 1. The number of nitriles is 1. The Kier molecular flexibility index (Phi) is 4.26. The van der Waals surface area contributed by atoms with E-state index < -0.39 is 0 Å². The van der Waals surface area contributed by atoms with E-state index in [-0.39, 0.29) is 0 Å². The molecule has 0 N–H and O–H groups in total. The summed E-state index contributed by atoms with van der Waals surface area (Å²) in [5.74, 6) is 1.22. The van der Waals surface area contributed by atoms with Gasteiger partial charge in [-0.25, -0.2) is 4.98 Å². The van der Waals surface area contributed by atoms with Crippen LogP contribution >= 0.6 is 0 Å². The number of ether oxygens (including phenoxy) is 2. The van der Waals surface area contributed by atoms with E-state index in [0.29, 0.717) is 29.7 Å². The van der Waals surface area contributed by atoms with Gasteiger partial charge in [-0.05, 0) is 26.0 Å². The second-order valence-electron chi connectivity index (χ2n) is 4.68. The lowest BCUT2D eigenvalue weighted by atomic mass is 10.2. The van der Waals surface area contributed by atoms with Gasteiger partial charge in [-0.15, -0.1) is 0 Å². The molecule has 20 heavy (non-hydrogen) atoms. The molecule has 0 fully saturated rings. The van der Waals surface area contributed by atoms with Crippen molar-refractivity contribution in [2.24, 2.45) is 0 Å². The van der Waals surface area contributed by atoms with Gasteiger partial charge in [-0.1, -0.05) is 0 Å². The van der Waals surface area contributed by atoms with Crippen molar-refractivity contribution >= 4 is 0 Å². The maximum absolute atomic E-state index is 8.98. The molecule has 2 aromatic rings. The molecule has 0 amide bonds. The minimum Gasteiger partial charge on any atom is -0.497 e. The Morgan fingerprint density at radius 2 is 2.05 bits per heavy atom. The molecule has 0 saturated carbocycles. The molecular weight excluding hydrogens is 254 g/mol. The van der Waals surface area contributed by atoms with Crippen molar-refractivity contribution in [1.29, 1.82) is 5.26 Å². The lowest BCUT2D eigenvalue weighted by molar-refractivity contribution is 0.290. The first kappa shape index (κ1) is 13.9. The molecule has 1 aromatic carbocycles. The van der Waals surface area contributed by atoms with Crippen molar-refractivity contribution in [3.8, 4) is 17.6 Å². The summed E-state index contributed by atoms with van der Waals surface area (Å²) in [6.45, 7) is 4.57. The van der Waals surface area contributed by atoms with Crippen molar-refractivity contribution in [3.05, 3.63) is 42.0 Å². The highest BCUT2D eigenvalue weighted by molar-refractivity contribution is 5.43. The number of nitrogens with zero attached hydrogens (tertiary/aromatic N) is 3. The van der Waals surface area contributed by atoms with Gasteiger partial charge in [0.1, 0.15) is 18.1 Å². The fourth-order valence-electron chi connectivity index (χ4n) is 1.90. The molecule has 5 heteroatoms. The lowest BCUT2D eigenvalue weighted by Crippen LogP contribution is -2.07. The van der Waals surface area contributed by atoms with Gasteiger partial charge >= 0.3 is 0 Å². The van der Waals surface area contributed by atoms with Crippen molar-refractivity contribution in [3.63, 3.8) is 0 Å². The average Bonchev–Trinajstić information content (AvgIpc) is 2.93. The summed E-state index contributed by atoms with van der Waals surface area (Å²) in [7, 11) is 1.56. The highest BCUT2D eigenvalue weighted by atomic mass is 16.5. The maximum Gasteiger partial charge on any atom is 0.130 e. The van der Waals surface area contributed by atoms with Gasteiger partial charge in [-0.2, -0.15) is 5.26 Å². The fraction of sp³-hybridized carbons (Fsp3) is 0.333. The normalized spacial score (nSPS) is 10.3. The van der Waals surface area contributed by atoms with E-state index in [1.165, 1.54) is 0 Å². The third-order valence-electron chi connectivity index (χ3n) is 2.93. The van der Waals surface area contributed by atoms with Crippen molar-refractivity contribution in [2.45, 2.75) is 26.5 Å². The monoisotopic (exact) mass is 271 g/mol. The maximum atomic E-state index is 8.98. The van der Waals surface area contributed by atoms with E-state index in [1.54, 1.807) is 37.8 Å². The molecule has 2 rings (SSSR count). The first-order valence-electron chi connectivity index (χ1n) is 6.36. The summed E-state index contributed by atoms with van der Waals surface area (Å²) >= 11 is 0. The molecule has 0 aliphatic carbocycles. The van der Waals surface area contributed by atoms with E-state index in [1.807, 2.05) is 4.57 Å². The quantitative estimate of drug-likeness (QED) is 0.839. The molecule has 104 valence electrons. The Balaban J connectivity index is 2.14. The van der Waals surface area contributed by atoms with Crippen molar-refractivity contribution < 1.29 is 9.47 Å². The van der Waals surface area contributed by atoms with Crippen LogP contribution in [0.15, 0.2) is 30.7 Å². The third kappa shape index (κ3) is 3.09. The van der Waals surface area contributed by atoms with Crippen LogP contribution in [0.5, 0.6) is 11.5 Å². The smallest absolute Gasteiger partial charge is 0.130 e. The van der Waals surface area contributed by atoms with Crippen LogP contribution in [0.3, 0.4) is 0 Å². The van der Waals surface area contributed by atoms with E-state index in [2.05, 4.69) is 24.9 Å². The minimum atomic E-state index is 0.330. The van der Waals surface area contributed by atoms with Gasteiger partial charge < -0.3 is 14.0 Å². The first-order valence-corrected chi connectivity index (χ1v) is 6.36. The predicted molar refractivity (Wildman–Crippen MR) is 74.7 cm³/mol. The van der Waals surface area contributed by atoms with Crippen LogP contribution in [-0.4, -0.2) is 16.7 Å². The highest BCUT2D eigenvalue weighted by Gasteiger charge is 2.07. The Morgan fingerprint density at radius 1 is 1.30 bits per heavy atom. The van der Waals surface area contributed by atoms with Crippen LogP contribution < -0.4 is 9.47 Å². The van der Waals surface area contributed by atoms with Crippen LogP contribution in [0, 0.1) is 11.3 Å². The summed E-state index contributed by atoms with van der Waals surface area (Å²) in [5.41, 5.74) is 1.50. The number of hydrogen-bond acceptors (Lipinski definition) is 4. The topological polar surface area (TPSA) is 60.1 Å². The standard InChI is InChI=1S/C15H17N3O2/c1-11(2)18-10-17-8-13(18)9-20-15-5-12(7-16)4-14(6-15)19-3/h4-6,8,10-11H,9H2,1-3H3. The minimum absolute atomic E-state index is 0.330. The first-order chi connectivity index (χ1) is 9.63. The summed E-state index contributed by atoms with van der Waals surface area (Å²) < 4.78 is 12.9. The van der Waals surface area contributed by atoms with E-state index in [0.717, 1.165) is 5.69 Å². The SMILES string of the molecule is COc1cc(C#N)cc(OCc2cncn2C(C)C)c1. The van der Waals surface area contributed by atoms with Gasteiger partial charge in [0.2, 0.25) is 0 Å². The van der Waals surface area contributed by atoms with E-state index >= 15 is 0 Å². The van der Waals surface area contributed by atoms with E-state index in [4.69, 9.17) is 14.7 Å². The van der Waals surface area contributed by atoms with Gasteiger partial charge in [-0.3, -0.25) is 0 Å². The second-order valence-corrected chi connectivity index (χ2v) is 4.68. The summed E-state index contributed by atoms with van der Waals surface area (Å²) in [4.78, 5) is 4.13. The second kappa shape index (κ2) is 6.11. The van der Waals surface area contributed by atoms with Crippen LogP contribution in [0.2, 0.25) is 0 Å². The zero-order valence-corrected chi connectivity index (χ0v) is 11.8. The van der Waals surface area contributed by atoms with Crippen LogP contribution in [0.25, 0.3) is 0 Å². The van der Waals surface area contributed by atoms with Crippen molar-refractivity contribution in [2.75, 3.05) is 7.11 Å². The number of hydrogen-bond donors (Lipinski definition) is 0. The molecule has 0 radical (unpaired) electrons. The Bertz CT molecular complexity index is 626. The van der Waals surface area contributed by atoms with Crippen molar-refractivity contribution in [1.82, 2.24) is 9.55 Å². The molecular formula is C15H17N3O2. The molecule has 0 spiro atoms. The molecule has 0 aliphatic heterocycles. The average molecular weight is 271 g/mol. The molecule has 0 bridgehead atoms. The zero-order valence-electron chi connectivity index (χ0n) is 11.8. The highest BCUT2D eigenvalue weighted by Crippen LogP contribution is 2.23. The van der Waals surface area contributed by atoms with Crippen LogP contribution in [-0.2, 0) is 6.61 Å². The molecule has 0 aliphatic rings. The number of methoxy groups -OCH3 is 1. The molecule has 1 heterocycles. The van der Waals surface area contributed by atoms with Gasteiger partial charge in [0.15, 0.2) is 0 Å². The van der Waals surface area contributed by atoms with Crippen LogP contribution in [0.4, 0.5) is 0 Å². The van der Waals surface area contributed by atoms with Gasteiger partial charge in [0, 0.05) is 12.1 Å². The van der Waals surface area contributed by atoms with Gasteiger partial charge in [0.05, 0.1) is 37.0 Å².